The van der Waals surface area contributed by atoms with Gasteiger partial charge in [-0.05, 0) is 0 Å². The van der Waals surface area contributed by atoms with Crippen LogP contribution in [0.1, 0.15) is 0 Å². The molecule has 0 aromatic rings. The minimum Gasteiger partial charge on any atom is -0.381 e. The second kappa shape index (κ2) is 5.98. The molecule has 7 heavy (non-hydrogen) atoms. The molecule has 0 atom stereocenters. The molecule has 2 N–H and O–H groups in total. The highest BCUT2D eigenvalue weighted by molar-refractivity contribution is 6.08. The topological polar surface area (TPSA) is 35.2 Å². The van der Waals surface area contributed by atoms with Crippen molar-refractivity contribution in [2.45, 2.75) is 6.32 Å². The monoisotopic (exact) mass is 99.1 g/mol. The SMILES string of the molecule is [B]CCOCCN. The molecule has 0 unspecified atom stereocenters. The van der Waals surface area contributed by atoms with Crippen LogP contribution in [0.5, 0.6) is 0 Å². The first kappa shape index (κ1) is 6.98. The van der Waals surface area contributed by atoms with E-state index in [1.165, 1.54) is 0 Å². The molecule has 0 aromatic heterocycles. The molecule has 0 aliphatic rings. The van der Waals surface area contributed by atoms with Crippen molar-refractivity contribution in [3.05, 3.63) is 0 Å². The number of ether oxygens (including phenoxy) is 1. The van der Waals surface area contributed by atoms with E-state index >= 15 is 0 Å². The van der Waals surface area contributed by atoms with Crippen LogP contribution < -0.4 is 5.73 Å². The van der Waals surface area contributed by atoms with Gasteiger partial charge in [0.2, 0.25) is 0 Å². The Morgan fingerprint density at radius 3 is 2.57 bits per heavy atom. The molecule has 0 spiro atoms. The highest BCUT2D eigenvalue weighted by Crippen LogP contribution is 1.73. The largest absolute Gasteiger partial charge is 0.381 e. The summed E-state index contributed by atoms with van der Waals surface area (Å²) >= 11 is 0. The van der Waals surface area contributed by atoms with Crippen LogP contribution in [-0.2, 0) is 4.74 Å². The summed E-state index contributed by atoms with van der Waals surface area (Å²) in [6.45, 7) is 1.83. The summed E-state index contributed by atoms with van der Waals surface area (Å²) in [6, 6.07) is 0. The smallest absolute Gasteiger partial charge is 0.0684 e. The summed E-state index contributed by atoms with van der Waals surface area (Å²) in [4.78, 5) is 0. The van der Waals surface area contributed by atoms with E-state index in [1.807, 2.05) is 0 Å². The molecular formula is C4H10BNO. The van der Waals surface area contributed by atoms with Crippen LogP contribution in [0.3, 0.4) is 0 Å². The molecule has 0 rings (SSSR count). The number of hydrogen-bond donors (Lipinski definition) is 1. The highest BCUT2D eigenvalue weighted by atomic mass is 16.5. The first-order valence-corrected chi connectivity index (χ1v) is 2.39. The lowest BCUT2D eigenvalue weighted by Crippen LogP contribution is -2.08. The van der Waals surface area contributed by atoms with Gasteiger partial charge in [0.05, 0.1) is 14.5 Å². The molecule has 40 valence electrons. The van der Waals surface area contributed by atoms with Crippen molar-refractivity contribution in [3.8, 4) is 0 Å². The molecule has 2 radical (unpaired) electrons. The van der Waals surface area contributed by atoms with E-state index in [9.17, 15) is 0 Å². The molecule has 0 amide bonds. The molecule has 0 aliphatic carbocycles. The van der Waals surface area contributed by atoms with Crippen molar-refractivity contribution < 1.29 is 4.74 Å². The normalized spacial score (nSPS) is 9.29. The minimum atomic E-state index is 0.583. The van der Waals surface area contributed by atoms with Gasteiger partial charge in [-0.3, -0.25) is 0 Å². The van der Waals surface area contributed by atoms with Crippen LogP contribution in [-0.4, -0.2) is 27.6 Å². The van der Waals surface area contributed by atoms with E-state index in [-0.39, 0.29) is 0 Å². The molecular weight excluding hydrogens is 88.9 g/mol. The standard InChI is InChI=1S/C4H10BNO/c5-1-3-7-4-2-6/h1-4,6H2. The maximum absolute atomic E-state index is 5.10. The van der Waals surface area contributed by atoms with Crippen molar-refractivity contribution >= 4 is 7.85 Å². The zero-order chi connectivity index (χ0) is 5.54. The maximum atomic E-state index is 5.10. The third-order valence-electron chi connectivity index (χ3n) is 0.524. The second-order valence-electron chi connectivity index (χ2n) is 1.19. The fourth-order valence-electron chi connectivity index (χ4n) is 0.269. The molecule has 3 heteroatoms. The van der Waals surface area contributed by atoms with E-state index in [2.05, 4.69) is 0 Å². The third-order valence-corrected chi connectivity index (χ3v) is 0.524. The van der Waals surface area contributed by atoms with E-state index < -0.39 is 0 Å². The average molecular weight is 98.9 g/mol. The maximum Gasteiger partial charge on any atom is 0.0684 e. The first-order valence-electron chi connectivity index (χ1n) is 2.39. The van der Waals surface area contributed by atoms with Crippen LogP contribution in [0, 0.1) is 0 Å². The first-order chi connectivity index (χ1) is 3.41. The summed E-state index contributed by atoms with van der Waals surface area (Å²) in [5.41, 5.74) is 5.10. The van der Waals surface area contributed by atoms with E-state index in [4.69, 9.17) is 18.3 Å². The van der Waals surface area contributed by atoms with Crippen LogP contribution in [0.25, 0.3) is 0 Å². The Bertz CT molecular complexity index is 30.9. The van der Waals surface area contributed by atoms with Gasteiger partial charge in [0.1, 0.15) is 0 Å². The van der Waals surface area contributed by atoms with Gasteiger partial charge in [0.15, 0.2) is 0 Å². The van der Waals surface area contributed by atoms with Crippen LogP contribution in [0.2, 0.25) is 6.32 Å². The lowest BCUT2D eigenvalue weighted by Gasteiger charge is -1.95. The third kappa shape index (κ3) is 5.98. The molecule has 0 bridgehead atoms. The Kier molecular flexibility index (Phi) is 5.97. The molecule has 0 saturated carbocycles. The Morgan fingerprint density at radius 2 is 2.14 bits per heavy atom. The Labute approximate surface area is 45.4 Å². The van der Waals surface area contributed by atoms with E-state index in [1.54, 1.807) is 0 Å². The molecule has 2 nitrogen and oxygen atoms in total. The van der Waals surface area contributed by atoms with Crippen LogP contribution in [0.15, 0.2) is 0 Å². The lowest BCUT2D eigenvalue weighted by molar-refractivity contribution is 0.156. The fraction of sp³-hybridized carbons (Fsp3) is 1.00. The van der Waals surface area contributed by atoms with Gasteiger partial charge in [-0.1, -0.05) is 6.32 Å². The molecule has 0 saturated heterocycles. The zero-order valence-electron chi connectivity index (χ0n) is 4.39. The second-order valence-corrected chi connectivity index (χ2v) is 1.19. The van der Waals surface area contributed by atoms with Crippen molar-refractivity contribution in [3.63, 3.8) is 0 Å². The summed E-state index contributed by atoms with van der Waals surface area (Å²) in [5, 5.41) is 0. The van der Waals surface area contributed by atoms with Gasteiger partial charge in [-0.15, -0.1) is 0 Å². The summed E-state index contributed by atoms with van der Waals surface area (Å²) in [5.74, 6) is 0. The van der Waals surface area contributed by atoms with Crippen LogP contribution >= 0.6 is 0 Å². The molecule has 0 aromatic carbocycles. The summed E-state index contributed by atoms with van der Waals surface area (Å²) < 4.78 is 4.88. The highest BCUT2D eigenvalue weighted by Gasteiger charge is 1.77. The van der Waals surface area contributed by atoms with E-state index in [0.29, 0.717) is 26.1 Å². The average Bonchev–Trinajstić information content (AvgIpc) is 1.69. The quantitative estimate of drug-likeness (QED) is 0.382. The number of rotatable bonds is 4. The molecule has 0 fully saturated rings. The predicted molar refractivity (Wildman–Crippen MR) is 30.4 cm³/mol. The van der Waals surface area contributed by atoms with Gasteiger partial charge in [-0.25, -0.2) is 0 Å². The van der Waals surface area contributed by atoms with Gasteiger partial charge >= 0.3 is 0 Å². The predicted octanol–water partition coefficient (Wildman–Crippen LogP) is -0.452. The van der Waals surface area contributed by atoms with Gasteiger partial charge in [-0.2, -0.15) is 0 Å². The molecule has 0 aliphatic heterocycles. The van der Waals surface area contributed by atoms with Crippen molar-refractivity contribution in [2.75, 3.05) is 19.8 Å². The molecule has 0 heterocycles. The zero-order valence-corrected chi connectivity index (χ0v) is 4.39. The minimum absolute atomic E-state index is 0.583. The lowest BCUT2D eigenvalue weighted by atomic mass is 10.1. The van der Waals surface area contributed by atoms with Crippen molar-refractivity contribution in [1.82, 2.24) is 0 Å². The summed E-state index contributed by atoms with van der Waals surface area (Å²) in [7, 11) is 5.10. The van der Waals surface area contributed by atoms with Crippen molar-refractivity contribution in [2.24, 2.45) is 5.73 Å². The number of hydrogen-bond acceptors (Lipinski definition) is 2. The van der Waals surface area contributed by atoms with Crippen LogP contribution in [0.4, 0.5) is 0 Å². The summed E-state index contributed by atoms with van der Waals surface area (Å²) in [6.07, 6.45) is 0.583. The Morgan fingerprint density at radius 1 is 1.43 bits per heavy atom. The number of nitrogens with two attached hydrogens (primary N) is 1. The van der Waals surface area contributed by atoms with Gasteiger partial charge in [0.25, 0.3) is 0 Å². The Hall–Kier alpha value is -0.0151. The van der Waals surface area contributed by atoms with E-state index in [0.717, 1.165) is 0 Å². The van der Waals surface area contributed by atoms with Gasteiger partial charge < -0.3 is 10.5 Å². The fourth-order valence-corrected chi connectivity index (χ4v) is 0.269. The van der Waals surface area contributed by atoms with Gasteiger partial charge in [0, 0.05) is 13.2 Å². The Balaban J connectivity index is 2.45. The van der Waals surface area contributed by atoms with Crippen molar-refractivity contribution in [1.29, 1.82) is 0 Å².